The maximum Gasteiger partial charge on any atom is 0.257 e. The minimum absolute atomic E-state index is 0.163. The normalized spacial score (nSPS) is 14.3. The van der Waals surface area contributed by atoms with Gasteiger partial charge in [-0.2, -0.15) is 0 Å². The van der Waals surface area contributed by atoms with Crippen LogP contribution < -0.4 is 0 Å². The summed E-state index contributed by atoms with van der Waals surface area (Å²) in [7, 11) is 0. The molecular weight excluding hydrogens is 916 g/mol. The minimum Gasteiger partial charge on any atom is -0.369 e. The van der Waals surface area contributed by atoms with E-state index in [9.17, 15) is 19.5 Å². The van der Waals surface area contributed by atoms with Crippen molar-refractivity contribution in [3.63, 3.8) is 0 Å². The summed E-state index contributed by atoms with van der Waals surface area (Å²) in [4.78, 5) is 44.7. The number of hydrogen-bond acceptors (Lipinski definition) is 4. The number of rotatable bonds is 30. The molecule has 1 N–H and O–H groups in total. The Balaban J connectivity index is 1.45. The largest absolute Gasteiger partial charge is 0.369 e. The molecule has 0 saturated heterocycles. The van der Waals surface area contributed by atoms with Gasteiger partial charge in [-0.1, -0.05) is 221 Å². The third kappa shape index (κ3) is 12.2. The molecule has 5 aromatic carbocycles. The number of carbonyl (C=O) groups is 3. The fraction of sp³-hybridized carbons (Fsp3) is 0.569. The molecule has 1 heterocycles. The third-order valence-electron chi connectivity index (χ3n) is 14.6. The number of ketones is 2. The zero-order valence-electron chi connectivity index (χ0n) is 41.0. The average molecular weight is 992 g/mol. The van der Waals surface area contributed by atoms with E-state index in [-0.39, 0.29) is 38.6 Å². The van der Waals surface area contributed by atoms with Gasteiger partial charge in [0, 0.05) is 91.5 Å². The standard InChI is InChI=1S/C58H75Cl4NO4/c1-6-10-14-18-22-27-38(28-23-19-15-11-7-2)29-26-32-48(65)41-34-45(60)52-54-47(62)36-43-50-42(35-46(61)53(56(50)54)51-44(59)33-40(37(5)64)49(41)55(51)52)57(66)63(58(43)67)39(30-24-20-16-12-8-3)31-25-21-17-13-9-4/h26,32-36,38-39,57,66H,6-25,27-31H2,1-5H3. The number of benzene rings is 5. The Morgan fingerprint density at radius 3 is 1.45 bits per heavy atom. The second kappa shape index (κ2) is 25.8. The number of fused-ring (bicyclic) bond motifs is 2. The predicted molar refractivity (Wildman–Crippen MR) is 288 cm³/mol. The molecule has 0 aliphatic carbocycles. The fourth-order valence-electron chi connectivity index (χ4n) is 11.1. The maximum atomic E-state index is 14.9. The van der Waals surface area contributed by atoms with E-state index in [1.807, 2.05) is 6.08 Å². The number of aliphatic hydroxyl groups excluding tert-OH is 1. The number of aliphatic hydroxyl groups is 1. The van der Waals surface area contributed by atoms with Crippen LogP contribution in [0.4, 0.5) is 0 Å². The molecule has 0 bridgehead atoms. The van der Waals surface area contributed by atoms with E-state index in [4.69, 9.17) is 46.4 Å². The SMILES string of the molecule is CCCCCCCC(CC=CC(=O)c1cc(Cl)c2c3c(Cl)cc4c5c(cc(Cl)c(c6c(Cl)cc(C(C)=O)c1c26)c53)C(O)N(C(CCCCCCC)CCCCCCC)C4=O)CCCCCCC. The lowest BCUT2D eigenvalue weighted by Crippen LogP contribution is -2.45. The van der Waals surface area contributed by atoms with Gasteiger partial charge in [-0.05, 0) is 62.4 Å². The highest BCUT2D eigenvalue weighted by atomic mass is 35.5. The molecule has 0 aromatic heterocycles. The molecular formula is C58H75Cl4NO4. The number of halogens is 4. The van der Waals surface area contributed by atoms with E-state index in [0.29, 0.717) is 76.3 Å². The van der Waals surface area contributed by atoms with Gasteiger partial charge in [-0.3, -0.25) is 14.4 Å². The number of allylic oxidation sites excluding steroid dienone is 2. The van der Waals surface area contributed by atoms with E-state index in [0.717, 1.165) is 83.5 Å². The molecule has 364 valence electrons. The summed E-state index contributed by atoms with van der Waals surface area (Å²) in [5.74, 6) is -0.271. The highest BCUT2D eigenvalue weighted by molar-refractivity contribution is 6.55. The lowest BCUT2D eigenvalue weighted by molar-refractivity contribution is -0.0200. The van der Waals surface area contributed by atoms with Gasteiger partial charge < -0.3 is 10.0 Å². The van der Waals surface area contributed by atoms with Gasteiger partial charge in [0.05, 0.1) is 0 Å². The van der Waals surface area contributed by atoms with Crippen LogP contribution in [0.25, 0.3) is 43.1 Å². The van der Waals surface area contributed by atoms with Crippen molar-refractivity contribution < 1.29 is 19.5 Å². The molecule has 1 atom stereocenters. The monoisotopic (exact) mass is 989 g/mol. The molecule has 6 rings (SSSR count). The summed E-state index contributed by atoms with van der Waals surface area (Å²) in [6.07, 6.45) is 30.5. The van der Waals surface area contributed by atoms with Crippen LogP contribution in [-0.4, -0.2) is 33.5 Å². The van der Waals surface area contributed by atoms with Crippen molar-refractivity contribution in [1.82, 2.24) is 4.90 Å². The zero-order chi connectivity index (χ0) is 48.2. The van der Waals surface area contributed by atoms with E-state index < -0.39 is 6.23 Å². The molecule has 0 radical (unpaired) electrons. The zero-order valence-corrected chi connectivity index (χ0v) is 44.0. The topological polar surface area (TPSA) is 74.7 Å². The van der Waals surface area contributed by atoms with Gasteiger partial charge in [0.25, 0.3) is 5.91 Å². The molecule has 1 aliphatic rings. The quantitative estimate of drug-likeness (QED) is 0.0164. The molecule has 0 saturated carbocycles. The van der Waals surface area contributed by atoms with Crippen LogP contribution in [-0.2, 0) is 0 Å². The van der Waals surface area contributed by atoms with Crippen molar-refractivity contribution in [1.29, 1.82) is 0 Å². The van der Waals surface area contributed by atoms with Gasteiger partial charge in [0.1, 0.15) is 0 Å². The first-order valence-corrected chi connectivity index (χ1v) is 27.6. The van der Waals surface area contributed by atoms with Gasteiger partial charge in [0.2, 0.25) is 0 Å². The van der Waals surface area contributed by atoms with Crippen LogP contribution >= 0.6 is 46.4 Å². The predicted octanol–water partition coefficient (Wildman–Crippen LogP) is 19.6. The van der Waals surface area contributed by atoms with Crippen LogP contribution in [0, 0.1) is 5.92 Å². The van der Waals surface area contributed by atoms with Gasteiger partial charge in [-0.25, -0.2) is 0 Å². The molecule has 5 aromatic rings. The minimum atomic E-state index is -1.24. The van der Waals surface area contributed by atoms with Crippen LogP contribution in [0.2, 0.25) is 20.1 Å². The van der Waals surface area contributed by atoms with Crippen LogP contribution in [0.3, 0.4) is 0 Å². The second-order valence-electron chi connectivity index (χ2n) is 19.6. The van der Waals surface area contributed by atoms with Crippen molar-refractivity contribution >= 4 is 107 Å². The molecule has 5 nitrogen and oxygen atoms in total. The Morgan fingerprint density at radius 1 is 0.552 bits per heavy atom. The van der Waals surface area contributed by atoms with Crippen LogP contribution in [0.15, 0.2) is 36.4 Å². The van der Waals surface area contributed by atoms with Crippen LogP contribution in [0.5, 0.6) is 0 Å². The van der Waals surface area contributed by atoms with Crippen LogP contribution in [0.1, 0.15) is 238 Å². The summed E-state index contributed by atoms with van der Waals surface area (Å²) in [5.41, 5.74) is 1.53. The number of carbonyl (C=O) groups excluding carboxylic acids is 3. The lowest BCUT2D eigenvalue weighted by Gasteiger charge is -2.40. The van der Waals surface area contributed by atoms with Gasteiger partial charge in [-0.15, -0.1) is 0 Å². The number of nitrogens with zero attached hydrogens (tertiary/aromatic N) is 1. The first-order chi connectivity index (χ1) is 32.4. The van der Waals surface area contributed by atoms with E-state index >= 15 is 0 Å². The molecule has 1 amide bonds. The summed E-state index contributed by atoms with van der Waals surface area (Å²) in [6, 6.07) is 6.58. The first kappa shape index (κ1) is 53.4. The Kier molecular flexibility index (Phi) is 20.6. The van der Waals surface area contributed by atoms with Crippen molar-refractivity contribution in [3.8, 4) is 0 Å². The molecule has 9 heteroatoms. The highest BCUT2D eigenvalue weighted by Crippen LogP contribution is 2.54. The smallest absolute Gasteiger partial charge is 0.257 e. The van der Waals surface area contributed by atoms with Crippen molar-refractivity contribution in [2.45, 2.75) is 207 Å². The lowest BCUT2D eigenvalue weighted by atomic mass is 9.81. The van der Waals surface area contributed by atoms with Crippen molar-refractivity contribution in [2.24, 2.45) is 5.92 Å². The molecule has 67 heavy (non-hydrogen) atoms. The number of unbranched alkanes of at least 4 members (excludes halogenated alkanes) is 16. The fourth-order valence-corrected chi connectivity index (χ4v) is 12.3. The van der Waals surface area contributed by atoms with E-state index in [2.05, 4.69) is 27.7 Å². The van der Waals surface area contributed by atoms with Crippen molar-refractivity contribution in [2.75, 3.05) is 0 Å². The van der Waals surface area contributed by atoms with Gasteiger partial charge in [0.15, 0.2) is 17.8 Å². The second-order valence-corrected chi connectivity index (χ2v) is 21.3. The highest BCUT2D eigenvalue weighted by Gasteiger charge is 2.40. The summed E-state index contributed by atoms with van der Waals surface area (Å²) < 4.78 is 0. The van der Waals surface area contributed by atoms with E-state index in [1.165, 1.54) is 84.0 Å². The Labute approximate surface area is 421 Å². The third-order valence-corrected chi connectivity index (χ3v) is 15.8. The first-order valence-electron chi connectivity index (χ1n) is 26.1. The Morgan fingerprint density at radius 2 is 0.970 bits per heavy atom. The number of hydrogen-bond donors (Lipinski definition) is 1. The number of Topliss-reactive ketones (excluding diaryl/α,β-unsaturated/α-hetero) is 1. The van der Waals surface area contributed by atoms with Crippen molar-refractivity contribution in [3.05, 3.63) is 78.8 Å². The Hall–Kier alpha value is -2.93. The molecule has 1 unspecified atom stereocenters. The van der Waals surface area contributed by atoms with E-state index in [1.54, 1.807) is 35.2 Å². The van der Waals surface area contributed by atoms with Gasteiger partial charge >= 0.3 is 0 Å². The summed E-state index contributed by atoms with van der Waals surface area (Å²) in [6.45, 7) is 10.4. The number of amides is 1. The molecule has 0 spiro atoms. The molecule has 1 aliphatic heterocycles. The summed E-state index contributed by atoms with van der Waals surface area (Å²) in [5, 5.41) is 17.7. The summed E-state index contributed by atoms with van der Waals surface area (Å²) >= 11 is 29.4. The Bertz CT molecular complexity index is 2480. The average Bonchev–Trinajstić information content (AvgIpc) is 3.30. The maximum absolute atomic E-state index is 14.9. The molecule has 0 fully saturated rings.